The number of likely N-dealkylation sites (N-methyl/N-ethyl adjacent to an activating group) is 1. The van der Waals surface area contributed by atoms with Crippen LogP contribution in [0.4, 0.5) is 0 Å². The molecule has 0 spiro atoms. The fourth-order valence-electron chi connectivity index (χ4n) is 6.68. The maximum Gasteiger partial charge on any atom is 0.279 e. The number of aromatic nitrogens is 4. The molecule has 2 unspecified atom stereocenters. The van der Waals surface area contributed by atoms with E-state index in [2.05, 4.69) is 20.4 Å². The molecular formula is C50H49Cl2N5O13. The first-order valence-electron chi connectivity index (χ1n) is 21.0. The monoisotopic (exact) mass is 997 g/mol. The lowest BCUT2D eigenvalue weighted by Gasteiger charge is -2.20. The van der Waals surface area contributed by atoms with Gasteiger partial charge in [-0.05, 0) is 83.9 Å². The minimum absolute atomic E-state index is 0.154. The lowest BCUT2D eigenvalue weighted by atomic mass is 10.0. The highest BCUT2D eigenvalue weighted by atomic mass is 35.5. The summed E-state index contributed by atoms with van der Waals surface area (Å²) in [5.41, 5.74) is 4.42. The van der Waals surface area contributed by atoms with Gasteiger partial charge in [-0.3, -0.25) is 14.4 Å². The molecule has 0 saturated heterocycles. The molecule has 4 aromatic heterocycles. The fourth-order valence-corrected chi connectivity index (χ4v) is 7.20. The maximum atomic E-state index is 13.1. The van der Waals surface area contributed by atoms with Crippen LogP contribution in [-0.4, -0.2) is 94.0 Å². The van der Waals surface area contributed by atoms with Crippen LogP contribution in [0.5, 0.6) is 23.0 Å². The van der Waals surface area contributed by atoms with Crippen LogP contribution < -0.4 is 18.9 Å². The molecule has 8 aromatic rings. The Morgan fingerprint density at radius 3 is 1.36 bits per heavy atom. The Morgan fingerprint density at radius 1 is 0.543 bits per heavy atom. The summed E-state index contributed by atoms with van der Waals surface area (Å²) in [5, 5.41) is 17.5. The Bertz CT molecular complexity index is 2920. The number of benzene rings is 4. The Hall–Kier alpha value is -7.48. The lowest BCUT2D eigenvalue weighted by Crippen LogP contribution is -2.31. The number of nitrogens with zero attached hydrogens (tertiary/aromatic N) is 5. The SMILES string of the molecule is COC(C(=O)N(C)OC)c1ccc(-c2nnc(C)o2)cc1.COc1cc(-c2ccc(C(=O)C(OC)c3ccc(-c4nnc(C)o4)cc3)o2)cc(OC)c1Cl.COc1cc(-c2ccco2)cc(OC)c1Cl. The summed E-state index contributed by atoms with van der Waals surface area (Å²) in [4.78, 5) is 30.1. The number of hydrogen-bond acceptors (Lipinski definition) is 17. The van der Waals surface area contributed by atoms with Crippen LogP contribution in [0.1, 0.15) is 45.7 Å². The number of hydroxylamine groups is 2. The number of ether oxygens (including phenoxy) is 6. The second-order valence-corrected chi connectivity index (χ2v) is 15.4. The number of hydrogen-bond donors (Lipinski definition) is 0. The van der Waals surface area contributed by atoms with Crippen molar-refractivity contribution in [3.63, 3.8) is 0 Å². The number of rotatable bonds is 16. The number of aryl methyl sites for hydroxylation is 2. The summed E-state index contributed by atoms with van der Waals surface area (Å²) in [7, 11) is 12.0. The molecule has 0 aliphatic carbocycles. The molecule has 1 amide bonds. The predicted molar refractivity (Wildman–Crippen MR) is 257 cm³/mol. The van der Waals surface area contributed by atoms with Crippen molar-refractivity contribution < 1.29 is 60.5 Å². The van der Waals surface area contributed by atoms with Gasteiger partial charge in [0.05, 0.1) is 41.8 Å². The van der Waals surface area contributed by atoms with Gasteiger partial charge in [-0.25, -0.2) is 5.06 Å². The van der Waals surface area contributed by atoms with Gasteiger partial charge in [0.1, 0.15) is 50.7 Å². The van der Waals surface area contributed by atoms with E-state index in [-0.39, 0.29) is 17.5 Å². The van der Waals surface area contributed by atoms with E-state index >= 15 is 0 Å². The van der Waals surface area contributed by atoms with Gasteiger partial charge in [0.25, 0.3) is 5.91 Å². The van der Waals surface area contributed by atoms with E-state index < -0.39 is 12.2 Å². The number of methoxy groups -OCH3 is 6. The van der Waals surface area contributed by atoms with Crippen LogP contribution in [-0.2, 0) is 19.1 Å². The van der Waals surface area contributed by atoms with Crippen molar-refractivity contribution in [3.05, 3.63) is 142 Å². The second-order valence-electron chi connectivity index (χ2n) is 14.6. The highest BCUT2D eigenvalue weighted by Crippen LogP contribution is 2.40. The normalized spacial score (nSPS) is 11.6. The zero-order chi connectivity index (χ0) is 50.5. The smallest absolute Gasteiger partial charge is 0.279 e. The van der Waals surface area contributed by atoms with E-state index in [0.717, 1.165) is 27.5 Å². The van der Waals surface area contributed by atoms with E-state index in [1.807, 2.05) is 24.3 Å². The van der Waals surface area contributed by atoms with Gasteiger partial charge in [-0.2, -0.15) is 0 Å². The van der Waals surface area contributed by atoms with Gasteiger partial charge in [0.2, 0.25) is 29.3 Å². The van der Waals surface area contributed by atoms with Gasteiger partial charge in [-0.15, -0.1) is 20.4 Å². The molecular weight excluding hydrogens is 949 g/mol. The molecule has 0 saturated carbocycles. The first-order valence-corrected chi connectivity index (χ1v) is 21.7. The van der Waals surface area contributed by atoms with Gasteiger partial charge < -0.3 is 46.1 Å². The van der Waals surface area contributed by atoms with E-state index in [0.29, 0.717) is 79.1 Å². The van der Waals surface area contributed by atoms with Crippen LogP contribution in [0.25, 0.3) is 45.6 Å². The third kappa shape index (κ3) is 12.2. The first-order chi connectivity index (χ1) is 33.8. The summed E-state index contributed by atoms with van der Waals surface area (Å²) >= 11 is 12.3. The molecule has 70 heavy (non-hydrogen) atoms. The summed E-state index contributed by atoms with van der Waals surface area (Å²) in [6, 6.07) is 28.3. The minimum atomic E-state index is -0.850. The molecule has 2 atom stereocenters. The highest BCUT2D eigenvalue weighted by molar-refractivity contribution is 6.34. The summed E-state index contributed by atoms with van der Waals surface area (Å²) in [6.45, 7) is 3.45. The summed E-state index contributed by atoms with van der Waals surface area (Å²) < 4.78 is 53.6. The molecule has 4 aromatic carbocycles. The number of carbonyl (C=O) groups is 2. The topological polar surface area (TPSA) is 206 Å². The molecule has 366 valence electrons. The van der Waals surface area contributed by atoms with Crippen molar-refractivity contribution in [1.29, 1.82) is 0 Å². The molecule has 8 rings (SSSR count). The Kier molecular flexibility index (Phi) is 17.9. The quantitative estimate of drug-likeness (QED) is 0.0651. The van der Waals surface area contributed by atoms with Crippen molar-refractivity contribution in [1.82, 2.24) is 25.5 Å². The van der Waals surface area contributed by atoms with Crippen LogP contribution in [0.3, 0.4) is 0 Å². The standard InChI is InChI=1S/C24H21ClN2O6.C14H17N3O4.C12H11ClO3/c1-13-26-27-24(32-13)15-7-5-14(6-8-15)23(31-4)22(28)18-10-9-17(33-18)16-11-19(29-2)21(25)20(12-16)30-3;1-9-15-16-13(21-9)11-7-5-10(6-8-11)12(19-3)14(18)17(2)20-4;1-14-10-6-8(9-4-3-5-16-9)7-11(15-2)12(10)13/h5-12,23H,1-4H3;5-8,12H,1-4H3;3-7H,1-2H3. The summed E-state index contributed by atoms with van der Waals surface area (Å²) in [6.07, 6.45) is 0.0354. The van der Waals surface area contributed by atoms with Crippen LogP contribution >= 0.6 is 23.2 Å². The molecule has 20 heteroatoms. The van der Waals surface area contributed by atoms with Crippen molar-refractivity contribution in [2.24, 2.45) is 0 Å². The highest BCUT2D eigenvalue weighted by Gasteiger charge is 2.27. The molecule has 0 fully saturated rings. The van der Waals surface area contributed by atoms with Crippen LogP contribution in [0.15, 0.2) is 121 Å². The minimum Gasteiger partial charge on any atom is -0.495 e. The van der Waals surface area contributed by atoms with Crippen molar-refractivity contribution >= 4 is 34.9 Å². The van der Waals surface area contributed by atoms with Crippen LogP contribution in [0.2, 0.25) is 10.0 Å². The number of carbonyl (C=O) groups excluding carboxylic acids is 2. The molecule has 18 nitrogen and oxygen atoms in total. The molecule has 4 heterocycles. The Morgan fingerprint density at radius 2 is 0.986 bits per heavy atom. The Balaban J connectivity index is 0.000000186. The lowest BCUT2D eigenvalue weighted by molar-refractivity contribution is -0.179. The zero-order valence-corrected chi connectivity index (χ0v) is 41.3. The summed E-state index contributed by atoms with van der Waals surface area (Å²) in [5.74, 6) is 4.56. The maximum absolute atomic E-state index is 13.1. The van der Waals surface area contributed by atoms with E-state index in [1.54, 1.807) is 107 Å². The van der Waals surface area contributed by atoms with E-state index in [4.69, 9.17) is 74.1 Å². The third-order valence-corrected chi connectivity index (χ3v) is 11.1. The van der Waals surface area contributed by atoms with Gasteiger partial charge in [0, 0.05) is 57.4 Å². The molecule has 0 aliphatic heterocycles. The fraction of sp³-hybridized carbons (Fsp3) is 0.240. The third-order valence-electron chi connectivity index (χ3n) is 10.3. The molecule has 0 bridgehead atoms. The van der Waals surface area contributed by atoms with Crippen molar-refractivity contribution in [2.75, 3.05) is 56.8 Å². The number of ketones is 1. The zero-order valence-electron chi connectivity index (χ0n) is 39.8. The van der Waals surface area contributed by atoms with Crippen molar-refractivity contribution in [3.8, 4) is 68.6 Å². The van der Waals surface area contributed by atoms with E-state index in [9.17, 15) is 9.59 Å². The molecule has 0 radical (unpaired) electrons. The number of amides is 1. The molecule has 0 N–H and O–H groups in total. The van der Waals surface area contributed by atoms with E-state index in [1.165, 1.54) is 42.6 Å². The van der Waals surface area contributed by atoms with Gasteiger partial charge >= 0.3 is 0 Å². The Labute approximate surface area is 412 Å². The number of furan rings is 2. The average Bonchev–Trinajstić information content (AvgIpc) is 4.25. The predicted octanol–water partition coefficient (Wildman–Crippen LogP) is 10.9. The number of Topliss-reactive ketones (excluding diaryl/α,β-unsaturated/α-hetero) is 1. The van der Waals surface area contributed by atoms with Gasteiger partial charge in [-0.1, -0.05) is 47.5 Å². The average molecular weight is 999 g/mol. The van der Waals surface area contributed by atoms with Crippen LogP contribution in [0, 0.1) is 13.8 Å². The second kappa shape index (κ2) is 24.2. The largest absolute Gasteiger partial charge is 0.495 e. The van der Waals surface area contributed by atoms with Gasteiger partial charge in [0.15, 0.2) is 11.9 Å². The first kappa shape index (κ1) is 51.9. The van der Waals surface area contributed by atoms with Crippen molar-refractivity contribution in [2.45, 2.75) is 26.1 Å². The number of halogens is 2. The molecule has 0 aliphatic rings.